The van der Waals surface area contributed by atoms with E-state index in [0.717, 1.165) is 0 Å². The van der Waals surface area contributed by atoms with E-state index in [4.69, 9.17) is 10.5 Å². The van der Waals surface area contributed by atoms with Crippen LogP contribution in [0.15, 0.2) is 24.3 Å². The number of ether oxygens (including phenoxy) is 1. The van der Waals surface area contributed by atoms with E-state index >= 15 is 0 Å². The van der Waals surface area contributed by atoms with Crippen molar-refractivity contribution in [2.45, 2.75) is 12.5 Å². The number of carbonyl (C=O) groups excluding carboxylic acids is 1. The number of hydrogen-bond acceptors (Lipinski definition) is 4. The Morgan fingerprint density at radius 2 is 2.15 bits per heavy atom. The monoisotopic (exact) mass is 278 g/mol. The Morgan fingerprint density at radius 3 is 2.60 bits per heavy atom. The molecule has 1 fully saturated rings. The Labute approximate surface area is 117 Å². The van der Waals surface area contributed by atoms with Crippen molar-refractivity contribution in [3.63, 3.8) is 0 Å². The molecule has 6 heteroatoms. The minimum Gasteiger partial charge on any atom is -0.497 e. The fourth-order valence-corrected chi connectivity index (χ4v) is 2.46. The Hall–Kier alpha value is -2.08. The van der Waals surface area contributed by atoms with E-state index in [-0.39, 0.29) is 11.8 Å². The molecule has 1 aromatic rings. The third-order valence-electron chi connectivity index (χ3n) is 3.55. The molecule has 1 amide bonds. The zero-order valence-corrected chi connectivity index (χ0v) is 11.3. The SMILES string of the molecule is COc1ccc(C(C(=O)O)N2CC(CN)CC2=O)cc1. The molecule has 6 nitrogen and oxygen atoms in total. The van der Waals surface area contributed by atoms with Crippen molar-refractivity contribution in [3.05, 3.63) is 29.8 Å². The second-order valence-electron chi connectivity index (χ2n) is 4.87. The second-order valence-corrected chi connectivity index (χ2v) is 4.87. The summed E-state index contributed by atoms with van der Waals surface area (Å²) in [6.45, 7) is 0.773. The second kappa shape index (κ2) is 5.92. The maximum absolute atomic E-state index is 12.0. The van der Waals surface area contributed by atoms with Crippen molar-refractivity contribution in [1.82, 2.24) is 4.90 Å². The molecule has 0 spiro atoms. The van der Waals surface area contributed by atoms with Crippen molar-refractivity contribution in [2.75, 3.05) is 20.2 Å². The van der Waals surface area contributed by atoms with Gasteiger partial charge in [0.25, 0.3) is 0 Å². The van der Waals surface area contributed by atoms with Gasteiger partial charge < -0.3 is 20.5 Å². The lowest BCUT2D eigenvalue weighted by molar-refractivity contribution is -0.148. The number of rotatable bonds is 5. The molecule has 0 aliphatic carbocycles. The van der Waals surface area contributed by atoms with Gasteiger partial charge in [-0.05, 0) is 30.2 Å². The number of aliphatic carboxylic acids is 1. The van der Waals surface area contributed by atoms with Crippen LogP contribution in [0.2, 0.25) is 0 Å². The lowest BCUT2D eigenvalue weighted by atomic mass is 10.1. The van der Waals surface area contributed by atoms with Crippen molar-refractivity contribution in [2.24, 2.45) is 11.7 Å². The van der Waals surface area contributed by atoms with Gasteiger partial charge in [-0.3, -0.25) is 4.79 Å². The molecule has 1 aliphatic heterocycles. The molecule has 0 bridgehead atoms. The number of likely N-dealkylation sites (tertiary alicyclic amines) is 1. The lowest BCUT2D eigenvalue weighted by Crippen LogP contribution is -2.35. The van der Waals surface area contributed by atoms with Crippen LogP contribution in [0.4, 0.5) is 0 Å². The number of benzene rings is 1. The van der Waals surface area contributed by atoms with Crippen LogP contribution in [0.3, 0.4) is 0 Å². The summed E-state index contributed by atoms with van der Waals surface area (Å²) in [5.41, 5.74) is 6.13. The number of amides is 1. The van der Waals surface area contributed by atoms with E-state index in [1.54, 1.807) is 31.4 Å². The fraction of sp³-hybridized carbons (Fsp3) is 0.429. The van der Waals surface area contributed by atoms with Crippen LogP contribution in [-0.2, 0) is 9.59 Å². The smallest absolute Gasteiger partial charge is 0.331 e. The van der Waals surface area contributed by atoms with Gasteiger partial charge in [0.1, 0.15) is 5.75 Å². The maximum atomic E-state index is 12.0. The van der Waals surface area contributed by atoms with E-state index in [1.807, 2.05) is 0 Å². The van der Waals surface area contributed by atoms with Crippen molar-refractivity contribution in [3.8, 4) is 5.75 Å². The third-order valence-corrected chi connectivity index (χ3v) is 3.55. The predicted molar refractivity (Wildman–Crippen MR) is 72.2 cm³/mol. The molecule has 1 heterocycles. The standard InChI is InChI=1S/C14H18N2O4/c1-20-11-4-2-10(3-5-11)13(14(18)19)16-8-9(7-15)6-12(16)17/h2-5,9,13H,6-8,15H2,1H3,(H,18,19). The summed E-state index contributed by atoms with van der Waals surface area (Å²) in [6.07, 6.45) is 0.316. The molecule has 1 aliphatic rings. The zero-order valence-electron chi connectivity index (χ0n) is 11.3. The van der Waals surface area contributed by atoms with Crippen LogP contribution in [0, 0.1) is 5.92 Å². The fourth-order valence-electron chi connectivity index (χ4n) is 2.46. The van der Waals surface area contributed by atoms with Gasteiger partial charge in [0, 0.05) is 13.0 Å². The number of carboxylic acids is 1. The Bertz CT molecular complexity index is 500. The van der Waals surface area contributed by atoms with E-state index in [9.17, 15) is 14.7 Å². The quantitative estimate of drug-likeness (QED) is 0.824. The highest BCUT2D eigenvalue weighted by molar-refractivity contribution is 5.86. The highest BCUT2D eigenvalue weighted by Crippen LogP contribution is 2.29. The average molecular weight is 278 g/mol. The minimum atomic E-state index is -1.04. The highest BCUT2D eigenvalue weighted by atomic mass is 16.5. The molecule has 2 unspecified atom stereocenters. The largest absolute Gasteiger partial charge is 0.497 e. The molecule has 20 heavy (non-hydrogen) atoms. The molecule has 2 rings (SSSR count). The topological polar surface area (TPSA) is 92.9 Å². The number of hydrogen-bond donors (Lipinski definition) is 2. The maximum Gasteiger partial charge on any atom is 0.331 e. The first kappa shape index (κ1) is 14.3. The van der Waals surface area contributed by atoms with Gasteiger partial charge in [-0.1, -0.05) is 12.1 Å². The molecule has 0 radical (unpaired) electrons. The Balaban J connectivity index is 2.27. The molecule has 1 saturated heterocycles. The number of nitrogens with two attached hydrogens (primary N) is 1. The van der Waals surface area contributed by atoms with Crippen LogP contribution in [0.25, 0.3) is 0 Å². The van der Waals surface area contributed by atoms with Gasteiger partial charge in [-0.2, -0.15) is 0 Å². The molecular weight excluding hydrogens is 260 g/mol. The van der Waals surface area contributed by atoms with E-state index in [2.05, 4.69) is 0 Å². The van der Waals surface area contributed by atoms with Gasteiger partial charge >= 0.3 is 5.97 Å². The van der Waals surface area contributed by atoms with Crippen LogP contribution < -0.4 is 10.5 Å². The molecule has 3 N–H and O–H groups in total. The van der Waals surface area contributed by atoms with Gasteiger partial charge in [0.05, 0.1) is 7.11 Å². The van der Waals surface area contributed by atoms with Gasteiger partial charge in [-0.15, -0.1) is 0 Å². The molecule has 2 atom stereocenters. The Morgan fingerprint density at radius 1 is 1.50 bits per heavy atom. The Kier molecular flexibility index (Phi) is 4.24. The first-order chi connectivity index (χ1) is 9.56. The van der Waals surface area contributed by atoms with Gasteiger partial charge in [-0.25, -0.2) is 4.79 Å². The summed E-state index contributed by atoms with van der Waals surface area (Å²) in [6, 6.07) is 5.74. The zero-order chi connectivity index (χ0) is 14.7. The molecule has 1 aromatic carbocycles. The molecular formula is C14H18N2O4. The summed E-state index contributed by atoms with van der Waals surface area (Å²) < 4.78 is 5.05. The van der Waals surface area contributed by atoms with Crippen LogP contribution >= 0.6 is 0 Å². The van der Waals surface area contributed by atoms with Crippen molar-refractivity contribution in [1.29, 1.82) is 0 Å². The molecule has 0 aromatic heterocycles. The summed E-state index contributed by atoms with van der Waals surface area (Å²) in [5, 5.41) is 9.43. The number of carboxylic acid groups (broad SMARTS) is 1. The van der Waals surface area contributed by atoms with Crippen molar-refractivity contribution >= 4 is 11.9 Å². The van der Waals surface area contributed by atoms with E-state index in [1.165, 1.54) is 4.90 Å². The minimum absolute atomic E-state index is 0.0302. The van der Waals surface area contributed by atoms with Gasteiger partial charge in [0.15, 0.2) is 6.04 Å². The van der Waals surface area contributed by atoms with Crippen LogP contribution in [0.1, 0.15) is 18.0 Å². The number of methoxy groups -OCH3 is 1. The highest BCUT2D eigenvalue weighted by Gasteiger charge is 2.37. The molecule has 0 saturated carbocycles. The van der Waals surface area contributed by atoms with Gasteiger partial charge in [0.2, 0.25) is 5.91 Å². The number of nitrogens with zero attached hydrogens (tertiary/aromatic N) is 1. The summed E-state index contributed by atoms with van der Waals surface area (Å²) in [4.78, 5) is 24.9. The van der Waals surface area contributed by atoms with Crippen molar-refractivity contribution < 1.29 is 19.4 Å². The van der Waals surface area contributed by atoms with Crippen LogP contribution in [-0.4, -0.2) is 42.1 Å². The van der Waals surface area contributed by atoms with E-state index in [0.29, 0.717) is 30.8 Å². The first-order valence-electron chi connectivity index (χ1n) is 6.43. The van der Waals surface area contributed by atoms with E-state index < -0.39 is 12.0 Å². The summed E-state index contributed by atoms with van der Waals surface area (Å²) >= 11 is 0. The average Bonchev–Trinajstić information content (AvgIpc) is 2.81. The summed E-state index contributed by atoms with van der Waals surface area (Å²) in [7, 11) is 1.54. The summed E-state index contributed by atoms with van der Waals surface area (Å²) in [5.74, 6) is -0.530. The normalized spacial score (nSPS) is 20.0. The lowest BCUT2D eigenvalue weighted by Gasteiger charge is -2.25. The first-order valence-corrected chi connectivity index (χ1v) is 6.43. The van der Waals surface area contributed by atoms with Crippen LogP contribution in [0.5, 0.6) is 5.75 Å². The molecule has 108 valence electrons. The third kappa shape index (κ3) is 2.75. The predicted octanol–water partition coefficient (Wildman–Crippen LogP) is 0.628. The number of carbonyl (C=O) groups is 2.